The molecule has 0 aliphatic carbocycles. The normalized spacial score (nSPS) is 17.2. The van der Waals surface area contributed by atoms with Gasteiger partial charge in [0.2, 0.25) is 11.8 Å². The number of benzene rings is 1. The van der Waals surface area contributed by atoms with Crippen LogP contribution in [0.2, 0.25) is 0 Å². The van der Waals surface area contributed by atoms with Gasteiger partial charge < -0.3 is 25.0 Å². The Bertz CT molecular complexity index is 547. The molecule has 132 valence electrons. The number of rotatable bonds is 9. The van der Waals surface area contributed by atoms with E-state index in [2.05, 4.69) is 10.6 Å². The van der Waals surface area contributed by atoms with Gasteiger partial charge in [0.25, 0.3) is 0 Å². The molecule has 0 aromatic heterocycles. The minimum absolute atomic E-state index is 0.0291. The Morgan fingerprint density at radius 1 is 1.21 bits per heavy atom. The molecule has 2 N–H and O–H groups in total. The first-order valence-corrected chi connectivity index (χ1v) is 8.07. The molecule has 2 amide bonds. The van der Waals surface area contributed by atoms with Crippen LogP contribution in [-0.4, -0.2) is 58.8 Å². The number of carbonyl (C=O) groups is 2. The van der Waals surface area contributed by atoms with Gasteiger partial charge in [-0.1, -0.05) is 0 Å². The average molecular weight is 335 g/mol. The molecule has 2 rings (SSSR count). The first-order valence-electron chi connectivity index (χ1n) is 8.07. The van der Waals surface area contributed by atoms with Gasteiger partial charge in [-0.15, -0.1) is 0 Å². The Balaban J connectivity index is 1.79. The van der Waals surface area contributed by atoms with Crippen molar-refractivity contribution >= 4 is 17.5 Å². The Kier molecular flexibility index (Phi) is 7.02. The summed E-state index contributed by atoms with van der Waals surface area (Å²) in [6.07, 6.45) is 0.245. The van der Waals surface area contributed by atoms with E-state index in [4.69, 9.17) is 9.47 Å². The van der Waals surface area contributed by atoms with E-state index in [1.54, 1.807) is 19.1 Å². The van der Waals surface area contributed by atoms with Crippen molar-refractivity contribution in [3.8, 4) is 5.75 Å². The summed E-state index contributed by atoms with van der Waals surface area (Å²) in [5.74, 6) is 0.325. The second-order valence-corrected chi connectivity index (χ2v) is 5.64. The van der Waals surface area contributed by atoms with E-state index in [-0.39, 0.29) is 24.2 Å². The minimum Gasteiger partial charge on any atom is -0.497 e. The third kappa shape index (κ3) is 4.94. The summed E-state index contributed by atoms with van der Waals surface area (Å²) in [5.41, 5.74) is 0.789. The van der Waals surface area contributed by atoms with Gasteiger partial charge in [0, 0.05) is 45.4 Å². The van der Waals surface area contributed by atoms with E-state index in [1.165, 1.54) is 0 Å². The maximum absolute atomic E-state index is 12.2. The second kappa shape index (κ2) is 9.24. The van der Waals surface area contributed by atoms with Crippen molar-refractivity contribution in [3.63, 3.8) is 0 Å². The molecule has 7 nitrogen and oxygen atoms in total. The van der Waals surface area contributed by atoms with Crippen molar-refractivity contribution in [3.05, 3.63) is 24.3 Å². The number of amides is 2. The third-order valence-electron chi connectivity index (χ3n) is 3.96. The first kappa shape index (κ1) is 18.2. The van der Waals surface area contributed by atoms with Gasteiger partial charge in [0.1, 0.15) is 5.75 Å². The number of hydrogen-bond donors (Lipinski definition) is 2. The van der Waals surface area contributed by atoms with Crippen LogP contribution >= 0.6 is 0 Å². The zero-order valence-corrected chi connectivity index (χ0v) is 14.2. The average Bonchev–Trinajstić information content (AvgIpc) is 3.00. The van der Waals surface area contributed by atoms with E-state index in [0.29, 0.717) is 26.2 Å². The van der Waals surface area contributed by atoms with Gasteiger partial charge in [0.05, 0.1) is 19.6 Å². The van der Waals surface area contributed by atoms with Crippen LogP contribution in [0.1, 0.15) is 6.42 Å². The van der Waals surface area contributed by atoms with Crippen LogP contribution in [-0.2, 0) is 14.3 Å². The first-order chi connectivity index (χ1) is 11.7. The SMILES string of the molecule is COCCNCCNC(=O)C1CC(=O)N(c2ccc(OC)cc2)C1. The Morgan fingerprint density at radius 2 is 1.96 bits per heavy atom. The van der Waals surface area contributed by atoms with Gasteiger partial charge in [-0.2, -0.15) is 0 Å². The van der Waals surface area contributed by atoms with Gasteiger partial charge in [-0.05, 0) is 24.3 Å². The molecule has 1 aliphatic heterocycles. The van der Waals surface area contributed by atoms with Crippen molar-refractivity contribution in [1.29, 1.82) is 0 Å². The molecule has 1 atom stereocenters. The minimum atomic E-state index is -0.307. The van der Waals surface area contributed by atoms with E-state index >= 15 is 0 Å². The molecule has 1 unspecified atom stereocenters. The Morgan fingerprint density at radius 3 is 2.62 bits per heavy atom. The maximum atomic E-state index is 12.2. The molecule has 7 heteroatoms. The quantitative estimate of drug-likeness (QED) is 0.639. The lowest BCUT2D eigenvalue weighted by Crippen LogP contribution is -2.37. The van der Waals surface area contributed by atoms with Crippen LogP contribution in [0.3, 0.4) is 0 Å². The highest BCUT2D eigenvalue weighted by molar-refractivity contribution is 6.00. The summed E-state index contributed by atoms with van der Waals surface area (Å²) in [4.78, 5) is 26.0. The number of hydrogen-bond acceptors (Lipinski definition) is 5. The fourth-order valence-electron chi connectivity index (χ4n) is 2.61. The molecule has 24 heavy (non-hydrogen) atoms. The molecule has 0 saturated carbocycles. The third-order valence-corrected chi connectivity index (χ3v) is 3.96. The van der Waals surface area contributed by atoms with E-state index in [9.17, 15) is 9.59 Å². The van der Waals surface area contributed by atoms with Crippen LogP contribution in [0.5, 0.6) is 5.75 Å². The van der Waals surface area contributed by atoms with Crippen molar-refractivity contribution in [2.75, 3.05) is 51.9 Å². The number of nitrogens with one attached hydrogen (secondary N) is 2. The molecule has 1 aromatic carbocycles. The monoisotopic (exact) mass is 335 g/mol. The molecule has 1 aromatic rings. The van der Waals surface area contributed by atoms with Gasteiger partial charge in [-0.25, -0.2) is 0 Å². The zero-order valence-electron chi connectivity index (χ0n) is 14.2. The molecule has 1 heterocycles. The highest BCUT2D eigenvalue weighted by atomic mass is 16.5. The predicted octanol–water partition coefficient (Wildman–Crippen LogP) is 0.400. The lowest BCUT2D eigenvalue weighted by molar-refractivity contribution is -0.126. The molecule has 1 fully saturated rings. The van der Waals surface area contributed by atoms with Gasteiger partial charge >= 0.3 is 0 Å². The van der Waals surface area contributed by atoms with Crippen molar-refractivity contribution in [1.82, 2.24) is 10.6 Å². The summed E-state index contributed by atoms with van der Waals surface area (Å²) < 4.78 is 10.0. The topological polar surface area (TPSA) is 79.9 Å². The summed E-state index contributed by atoms with van der Waals surface area (Å²) >= 11 is 0. The highest BCUT2D eigenvalue weighted by Crippen LogP contribution is 2.26. The van der Waals surface area contributed by atoms with Gasteiger partial charge in [-0.3, -0.25) is 9.59 Å². The van der Waals surface area contributed by atoms with Crippen LogP contribution in [0.25, 0.3) is 0 Å². The van der Waals surface area contributed by atoms with E-state index in [0.717, 1.165) is 18.0 Å². The second-order valence-electron chi connectivity index (χ2n) is 5.64. The standard InChI is InChI=1S/C17H25N3O4/c1-23-10-9-18-7-8-19-17(22)13-11-16(21)20(12-13)14-3-5-15(24-2)6-4-14/h3-6,13,18H,7-12H2,1-2H3,(H,19,22). The van der Waals surface area contributed by atoms with Crippen molar-refractivity contribution < 1.29 is 19.1 Å². The summed E-state index contributed by atoms with van der Waals surface area (Å²) in [5, 5.41) is 6.03. The highest BCUT2D eigenvalue weighted by Gasteiger charge is 2.34. The fraction of sp³-hybridized carbons (Fsp3) is 0.529. The Hall–Kier alpha value is -2.12. The lowest BCUT2D eigenvalue weighted by Gasteiger charge is -2.17. The summed E-state index contributed by atoms with van der Waals surface area (Å²) in [7, 11) is 3.25. The number of carbonyl (C=O) groups excluding carboxylic acids is 2. The molecule has 0 radical (unpaired) electrons. The number of anilines is 1. The molecule has 1 saturated heterocycles. The number of ether oxygens (including phenoxy) is 2. The number of nitrogens with zero attached hydrogens (tertiary/aromatic N) is 1. The molecule has 0 spiro atoms. The molecule has 1 aliphatic rings. The van der Waals surface area contributed by atoms with E-state index in [1.807, 2.05) is 24.3 Å². The predicted molar refractivity (Wildman–Crippen MR) is 91.2 cm³/mol. The number of methoxy groups -OCH3 is 2. The molecular formula is C17H25N3O4. The molecular weight excluding hydrogens is 310 g/mol. The van der Waals surface area contributed by atoms with Crippen molar-refractivity contribution in [2.24, 2.45) is 5.92 Å². The molecule has 0 bridgehead atoms. The lowest BCUT2D eigenvalue weighted by atomic mass is 10.1. The zero-order chi connectivity index (χ0) is 17.4. The Labute approximate surface area is 142 Å². The van der Waals surface area contributed by atoms with Crippen LogP contribution in [0.4, 0.5) is 5.69 Å². The van der Waals surface area contributed by atoms with E-state index < -0.39 is 0 Å². The smallest absolute Gasteiger partial charge is 0.227 e. The maximum Gasteiger partial charge on any atom is 0.227 e. The summed E-state index contributed by atoms with van der Waals surface area (Å²) in [6.45, 7) is 3.02. The van der Waals surface area contributed by atoms with Crippen LogP contribution < -0.4 is 20.3 Å². The fourth-order valence-corrected chi connectivity index (χ4v) is 2.61. The van der Waals surface area contributed by atoms with Crippen LogP contribution in [0, 0.1) is 5.92 Å². The summed E-state index contributed by atoms with van der Waals surface area (Å²) in [6, 6.07) is 7.27. The van der Waals surface area contributed by atoms with Crippen LogP contribution in [0.15, 0.2) is 24.3 Å². The largest absolute Gasteiger partial charge is 0.497 e. The van der Waals surface area contributed by atoms with Crippen molar-refractivity contribution in [2.45, 2.75) is 6.42 Å². The van der Waals surface area contributed by atoms with Gasteiger partial charge in [0.15, 0.2) is 0 Å².